The van der Waals surface area contributed by atoms with Crippen LogP contribution in [-0.2, 0) is 19.2 Å². The van der Waals surface area contributed by atoms with Gasteiger partial charge in [-0.1, -0.05) is 22.9 Å². The van der Waals surface area contributed by atoms with Gasteiger partial charge in [0.05, 0.1) is 0 Å². The molecule has 0 radical (unpaired) electrons. The van der Waals surface area contributed by atoms with Crippen molar-refractivity contribution in [2.45, 2.75) is 63.4 Å². The molecule has 6 atom stereocenters. The molecule has 1 spiro atoms. The van der Waals surface area contributed by atoms with Crippen molar-refractivity contribution < 1.29 is 32.4 Å². The van der Waals surface area contributed by atoms with Gasteiger partial charge in [-0.3, -0.25) is 0 Å². The SMILES string of the molecule is C[C@@H]1CCC2C(CBr)=C(C(F)(F)F)OC3O[C@]4(C)CCC1[C@]32OO4. The van der Waals surface area contributed by atoms with Crippen LogP contribution in [0, 0.1) is 17.8 Å². The van der Waals surface area contributed by atoms with Gasteiger partial charge in [0.15, 0.2) is 5.60 Å². The molecule has 2 bridgehead atoms. The van der Waals surface area contributed by atoms with Gasteiger partial charge in [0.25, 0.3) is 0 Å². The van der Waals surface area contributed by atoms with Gasteiger partial charge in [0, 0.05) is 23.6 Å². The van der Waals surface area contributed by atoms with E-state index in [1.165, 1.54) is 0 Å². The minimum absolute atomic E-state index is 0.0365. The highest BCUT2D eigenvalue weighted by Gasteiger charge is 2.69. The molecule has 0 aromatic rings. The minimum Gasteiger partial charge on any atom is -0.456 e. The highest BCUT2D eigenvalue weighted by Crippen LogP contribution is 2.61. The molecular formula is C16H20BrF3O4. The molecule has 3 saturated heterocycles. The number of alkyl halides is 4. The second-order valence-corrected chi connectivity index (χ2v) is 8.02. The van der Waals surface area contributed by atoms with Crippen molar-refractivity contribution >= 4 is 15.9 Å². The zero-order chi connectivity index (χ0) is 17.3. The Morgan fingerprint density at radius 3 is 2.62 bits per heavy atom. The molecule has 1 saturated carbocycles. The van der Waals surface area contributed by atoms with Crippen LogP contribution in [0.1, 0.15) is 39.5 Å². The summed E-state index contributed by atoms with van der Waals surface area (Å²) in [6.45, 7) is 3.81. The lowest BCUT2D eigenvalue weighted by molar-refractivity contribution is -0.557. The molecule has 1 aliphatic carbocycles. The van der Waals surface area contributed by atoms with E-state index in [0.29, 0.717) is 18.8 Å². The molecule has 5 rings (SSSR count). The van der Waals surface area contributed by atoms with Gasteiger partial charge in [0.2, 0.25) is 17.8 Å². The van der Waals surface area contributed by atoms with Crippen LogP contribution in [0.2, 0.25) is 0 Å². The van der Waals surface area contributed by atoms with Crippen molar-refractivity contribution in [2.75, 3.05) is 5.33 Å². The van der Waals surface area contributed by atoms with E-state index < -0.39 is 35.5 Å². The van der Waals surface area contributed by atoms with E-state index in [0.717, 1.165) is 12.8 Å². The maximum Gasteiger partial charge on any atom is 0.449 e. The average Bonchev–Trinajstić information content (AvgIpc) is 2.74. The first-order chi connectivity index (χ1) is 11.2. The summed E-state index contributed by atoms with van der Waals surface area (Å²) in [4.78, 5) is 11.4. The normalized spacial score (nSPS) is 47.9. The maximum absolute atomic E-state index is 13.5. The summed E-state index contributed by atoms with van der Waals surface area (Å²) in [6.07, 6.45) is -2.85. The third-order valence-electron chi connectivity index (χ3n) is 6.06. The van der Waals surface area contributed by atoms with Crippen molar-refractivity contribution in [3.63, 3.8) is 0 Å². The van der Waals surface area contributed by atoms with E-state index in [1.54, 1.807) is 6.92 Å². The largest absolute Gasteiger partial charge is 0.456 e. The highest BCUT2D eigenvalue weighted by atomic mass is 79.9. The molecule has 0 amide bonds. The summed E-state index contributed by atoms with van der Waals surface area (Å²) in [5.74, 6) is -2.09. The molecule has 4 fully saturated rings. The summed E-state index contributed by atoms with van der Waals surface area (Å²) in [5.41, 5.74) is -0.806. The fourth-order valence-electron chi connectivity index (χ4n) is 4.89. The quantitative estimate of drug-likeness (QED) is 0.471. The lowest BCUT2D eigenvalue weighted by atomic mass is 9.59. The van der Waals surface area contributed by atoms with Crippen LogP contribution in [0.25, 0.3) is 0 Å². The Bertz CT molecular complexity index is 580. The zero-order valence-corrected chi connectivity index (χ0v) is 15.1. The molecule has 136 valence electrons. The maximum atomic E-state index is 13.5. The Hall–Kier alpha value is -0.310. The van der Waals surface area contributed by atoms with E-state index in [4.69, 9.17) is 19.2 Å². The van der Waals surface area contributed by atoms with Crippen LogP contribution in [-0.4, -0.2) is 29.2 Å². The molecule has 4 heterocycles. The summed E-state index contributed by atoms with van der Waals surface area (Å²) in [7, 11) is 0. The lowest BCUT2D eigenvalue weighted by Gasteiger charge is -2.57. The summed E-state index contributed by atoms with van der Waals surface area (Å²) in [5, 5.41) is 0.0860. The summed E-state index contributed by atoms with van der Waals surface area (Å²) in [6, 6.07) is 0. The monoisotopic (exact) mass is 412 g/mol. The number of hydrogen-bond acceptors (Lipinski definition) is 4. The van der Waals surface area contributed by atoms with Gasteiger partial charge < -0.3 is 9.47 Å². The molecule has 0 aromatic heterocycles. The first-order valence-electron chi connectivity index (χ1n) is 8.29. The Labute approximate surface area is 146 Å². The fraction of sp³-hybridized carbons (Fsp3) is 0.875. The number of hydrogen-bond donors (Lipinski definition) is 0. The molecule has 4 nitrogen and oxygen atoms in total. The van der Waals surface area contributed by atoms with E-state index >= 15 is 0 Å². The zero-order valence-electron chi connectivity index (χ0n) is 13.5. The molecule has 0 N–H and O–H groups in total. The summed E-state index contributed by atoms with van der Waals surface area (Å²) >= 11 is 3.22. The van der Waals surface area contributed by atoms with E-state index in [-0.39, 0.29) is 16.8 Å². The van der Waals surface area contributed by atoms with Crippen LogP contribution in [0.3, 0.4) is 0 Å². The molecular weight excluding hydrogens is 393 g/mol. The minimum atomic E-state index is -4.56. The second kappa shape index (κ2) is 5.34. The lowest BCUT2D eigenvalue weighted by Crippen LogP contribution is -2.67. The van der Waals surface area contributed by atoms with Gasteiger partial charge in [-0.25, -0.2) is 9.78 Å². The molecule has 24 heavy (non-hydrogen) atoms. The van der Waals surface area contributed by atoms with Crippen LogP contribution in [0.4, 0.5) is 13.2 Å². The number of rotatable bonds is 1. The van der Waals surface area contributed by atoms with Gasteiger partial charge in [-0.15, -0.1) is 0 Å². The van der Waals surface area contributed by atoms with Crippen LogP contribution >= 0.6 is 15.9 Å². The topological polar surface area (TPSA) is 36.9 Å². The Balaban J connectivity index is 1.88. The molecule has 8 heteroatoms. The van der Waals surface area contributed by atoms with Crippen molar-refractivity contribution in [1.29, 1.82) is 0 Å². The molecule has 5 aliphatic rings. The predicted octanol–water partition coefficient (Wildman–Crippen LogP) is 4.44. The van der Waals surface area contributed by atoms with Crippen molar-refractivity contribution in [3.05, 3.63) is 11.3 Å². The van der Waals surface area contributed by atoms with Gasteiger partial charge >= 0.3 is 6.18 Å². The third kappa shape index (κ3) is 2.22. The number of allylic oxidation sites excluding steroid dienone is 1. The fourth-order valence-corrected chi connectivity index (χ4v) is 5.54. The van der Waals surface area contributed by atoms with E-state index in [2.05, 4.69) is 22.9 Å². The Kier molecular flexibility index (Phi) is 3.81. The molecule has 3 unspecified atom stereocenters. The van der Waals surface area contributed by atoms with Crippen molar-refractivity contribution in [3.8, 4) is 0 Å². The average molecular weight is 413 g/mol. The first-order valence-corrected chi connectivity index (χ1v) is 9.41. The molecule has 4 aliphatic heterocycles. The van der Waals surface area contributed by atoms with Crippen molar-refractivity contribution in [1.82, 2.24) is 0 Å². The van der Waals surface area contributed by atoms with Crippen LogP contribution in [0.5, 0.6) is 0 Å². The third-order valence-corrected chi connectivity index (χ3v) is 6.66. The van der Waals surface area contributed by atoms with E-state index in [9.17, 15) is 13.2 Å². The van der Waals surface area contributed by atoms with Crippen LogP contribution in [0.15, 0.2) is 11.3 Å². The highest BCUT2D eigenvalue weighted by molar-refractivity contribution is 9.09. The van der Waals surface area contributed by atoms with Gasteiger partial charge in [-0.05, 0) is 37.7 Å². The number of ether oxygens (including phenoxy) is 2. The van der Waals surface area contributed by atoms with E-state index in [1.807, 2.05) is 0 Å². The standard InChI is InChI=1S/C16H20BrF3O4/c1-8-3-4-11-9(7-17)12(16(18,19)20)21-13-15(11)10(8)5-6-14(2,22-13)23-24-15/h8,10-11,13H,3-7H2,1-2H3/t8-,10?,11?,13?,14+,15-/m1/s1. The first kappa shape index (κ1) is 17.1. The number of halogens is 4. The Morgan fingerprint density at radius 2 is 1.96 bits per heavy atom. The molecule has 0 aromatic carbocycles. The van der Waals surface area contributed by atoms with Gasteiger partial charge in [0.1, 0.15) is 0 Å². The second-order valence-electron chi connectivity index (χ2n) is 7.46. The van der Waals surface area contributed by atoms with Gasteiger partial charge in [-0.2, -0.15) is 13.2 Å². The predicted molar refractivity (Wildman–Crippen MR) is 80.8 cm³/mol. The Morgan fingerprint density at radius 1 is 1.21 bits per heavy atom. The van der Waals surface area contributed by atoms with Crippen molar-refractivity contribution in [2.24, 2.45) is 17.8 Å². The smallest absolute Gasteiger partial charge is 0.449 e. The van der Waals surface area contributed by atoms with Crippen LogP contribution < -0.4 is 0 Å². The number of fused-ring (bicyclic) bond motifs is 2. The summed E-state index contributed by atoms with van der Waals surface area (Å²) < 4.78 is 51.9.